The largest absolute Gasteiger partial charge is 0.329 e. The zero-order valence-electron chi connectivity index (χ0n) is 13.7. The summed E-state index contributed by atoms with van der Waals surface area (Å²) >= 11 is 0. The number of hydrogen-bond donors (Lipinski definition) is 1. The molecule has 0 bridgehead atoms. The molecule has 116 valence electrons. The molecule has 2 aliphatic carbocycles. The summed E-state index contributed by atoms with van der Waals surface area (Å²) in [6, 6.07) is 7.12. The molecule has 2 N–H and O–H groups in total. The molecule has 2 nitrogen and oxygen atoms in total. The molecule has 0 unspecified atom stereocenters. The Kier molecular flexibility index (Phi) is 4.37. The molecule has 0 aromatic heterocycles. The maximum Gasteiger partial charge on any atom is 0.0332 e. The number of benzene rings is 1. The molecule has 0 saturated heterocycles. The van der Waals surface area contributed by atoms with Gasteiger partial charge >= 0.3 is 0 Å². The molecule has 0 atom stereocenters. The van der Waals surface area contributed by atoms with Gasteiger partial charge in [-0.2, -0.15) is 0 Å². The number of aryl methyl sites for hydroxylation is 2. The highest BCUT2D eigenvalue weighted by Crippen LogP contribution is 2.36. The van der Waals surface area contributed by atoms with Gasteiger partial charge in [0.05, 0.1) is 0 Å². The molecule has 1 aromatic carbocycles. The predicted molar refractivity (Wildman–Crippen MR) is 89.4 cm³/mol. The third kappa shape index (κ3) is 3.02. The average Bonchev–Trinajstić information content (AvgIpc) is 2.96. The Bertz CT molecular complexity index is 486. The van der Waals surface area contributed by atoms with Crippen molar-refractivity contribution in [3.63, 3.8) is 0 Å². The molecule has 0 spiro atoms. The van der Waals surface area contributed by atoms with Crippen LogP contribution < -0.4 is 5.73 Å². The monoisotopic (exact) mass is 286 g/mol. The molecule has 21 heavy (non-hydrogen) atoms. The van der Waals surface area contributed by atoms with Crippen LogP contribution in [0.1, 0.15) is 55.7 Å². The third-order valence-electron chi connectivity index (χ3n) is 5.98. The lowest BCUT2D eigenvalue weighted by Crippen LogP contribution is -2.53. The fraction of sp³-hybridized carbons (Fsp3) is 0.684. The van der Waals surface area contributed by atoms with Gasteiger partial charge in [-0.3, -0.25) is 4.90 Å². The van der Waals surface area contributed by atoms with E-state index < -0.39 is 0 Å². The Morgan fingerprint density at radius 1 is 1.19 bits per heavy atom. The standard InChI is InChI=1S/C19H30N2/c1-15-8-10-19(14-20,11-9-15)21(2)13-16-6-7-17-4-3-5-18(17)12-16/h6-7,12,15H,3-5,8-11,13-14,20H2,1-2H3. The van der Waals surface area contributed by atoms with Crippen LogP contribution in [0.4, 0.5) is 0 Å². The van der Waals surface area contributed by atoms with E-state index in [2.05, 4.69) is 37.1 Å². The lowest BCUT2D eigenvalue weighted by atomic mass is 9.76. The Labute approximate surface area is 129 Å². The molecular formula is C19H30N2. The molecule has 0 radical (unpaired) electrons. The van der Waals surface area contributed by atoms with Crippen molar-refractivity contribution in [1.29, 1.82) is 0 Å². The number of fused-ring (bicyclic) bond motifs is 1. The highest BCUT2D eigenvalue weighted by Gasteiger charge is 2.36. The van der Waals surface area contributed by atoms with E-state index in [0.717, 1.165) is 19.0 Å². The highest BCUT2D eigenvalue weighted by atomic mass is 15.2. The topological polar surface area (TPSA) is 29.3 Å². The fourth-order valence-electron chi connectivity index (χ4n) is 4.21. The van der Waals surface area contributed by atoms with Crippen molar-refractivity contribution in [2.75, 3.05) is 13.6 Å². The van der Waals surface area contributed by atoms with Crippen LogP contribution in [0.2, 0.25) is 0 Å². The summed E-state index contributed by atoms with van der Waals surface area (Å²) in [6.07, 6.45) is 9.04. The second-order valence-electron chi connectivity index (χ2n) is 7.42. The first kappa shape index (κ1) is 15.1. The maximum absolute atomic E-state index is 6.19. The maximum atomic E-state index is 6.19. The molecule has 2 aliphatic rings. The average molecular weight is 286 g/mol. The zero-order valence-corrected chi connectivity index (χ0v) is 13.7. The highest BCUT2D eigenvalue weighted by molar-refractivity contribution is 5.35. The Hall–Kier alpha value is -0.860. The Morgan fingerprint density at radius 2 is 1.90 bits per heavy atom. The van der Waals surface area contributed by atoms with E-state index in [1.54, 1.807) is 11.1 Å². The summed E-state index contributed by atoms with van der Waals surface area (Å²) in [5.74, 6) is 0.873. The molecule has 3 rings (SSSR count). The van der Waals surface area contributed by atoms with Crippen LogP contribution >= 0.6 is 0 Å². The summed E-state index contributed by atoms with van der Waals surface area (Å²) in [5.41, 5.74) is 11.0. The van der Waals surface area contributed by atoms with Gasteiger partial charge in [-0.1, -0.05) is 25.1 Å². The molecule has 0 aliphatic heterocycles. The molecule has 1 saturated carbocycles. The quantitative estimate of drug-likeness (QED) is 0.917. The Morgan fingerprint density at radius 3 is 2.62 bits per heavy atom. The molecule has 0 heterocycles. The van der Waals surface area contributed by atoms with Crippen molar-refractivity contribution in [1.82, 2.24) is 4.90 Å². The second kappa shape index (κ2) is 6.10. The van der Waals surface area contributed by atoms with Crippen molar-refractivity contribution >= 4 is 0 Å². The van der Waals surface area contributed by atoms with Crippen molar-refractivity contribution in [2.24, 2.45) is 11.7 Å². The van der Waals surface area contributed by atoms with Crippen LogP contribution in [0.3, 0.4) is 0 Å². The number of nitrogens with zero attached hydrogens (tertiary/aromatic N) is 1. The van der Waals surface area contributed by atoms with Gasteiger partial charge in [-0.05, 0) is 74.6 Å². The van der Waals surface area contributed by atoms with E-state index in [-0.39, 0.29) is 5.54 Å². The van der Waals surface area contributed by atoms with Crippen molar-refractivity contribution in [3.8, 4) is 0 Å². The Balaban J connectivity index is 1.71. The first-order chi connectivity index (χ1) is 10.1. The van der Waals surface area contributed by atoms with E-state index in [1.807, 2.05) is 0 Å². The molecule has 1 fully saturated rings. The molecule has 1 aromatic rings. The summed E-state index contributed by atoms with van der Waals surface area (Å²) in [4.78, 5) is 2.54. The van der Waals surface area contributed by atoms with Crippen LogP contribution in [0, 0.1) is 5.92 Å². The van der Waals surface area contributed by atoms with Gasteiger partial charge in [0.25, 0.3) is 0 Å². The summed E-state index contributed by atoms with van der Waals surface area (Å²) < 4.78 is 0. The smallest absolute Gasteiger partial charge is 0.0332 e. The van der Waals surface area contributed by atoms with Gasteiger partial charge in [-0.25, -0.2) is 0 Å². The summed E-state index contributed by atoms with van der Waals surface area (Å²) in [7, 11) is 2.27. The lowest BCUT2D eigenvalue weighted by molar-refractivity contribution is 0.0616. The number of nitrogens with two attached hydrogens (primary N) is 1. The van der Waals surface area contributed by atoms with Crippen LogP contribution in [0.25, 0.3) is 0 Å². The third-order valence-corrected chi connectivity index (χ3v) is 5.98. The van der Waals surface area contributed by atoms with Crippen LogP contribution in [0.15, 0.2) is 18.2 Å². The van der Waals surface area contributed by atoms with Gasteiger partial charge in [0.1, 0.15) is 0 Å². The van der Waals surface area contributed by atoms with E-state index in [4.69, 9.17) is 5.73 Å². The van der Waals surface area contributed by atoms with Gasteiger partial charge in [0.2, 0.25) is 0 Å². The minimum Gasteiger partial charge on any atom is -0.329 e. The molecule has 2 heteroatoms. The number of rotatable bonds is 4. The fourth-order valence-corrected chi connectivity index (χ4v) is 4.21. The van der Waals surface area contributed by atoms with E-state index in [9.17, 15) is 0 Å². The van der Waals surface area contributed by atoms with Crippen molar-refractivity contribution in [2.45, 2.75) is 64.0 Å². The van der Waals surface area contributed by atoms with Crippen LogP contribution in [-0.4, -0.2) is 24.0 Å². The number of hydrogen-bond acceptors (Lipinski definition) is 2. The van der Waals surface area contributed by atoms with Crippen molar-refractivity contribution in [3.05, 3.63) is 34.9 Å². The first-order valence-corrected chi connectivity index (χ1v) is 8.65. The summed E-state index contributed by atoms with van der Waals surface area (Å²) in [6.45, 7) is 4.21. The normalized spacial score (nSPS) is 28.9. The van der Waals surface area contributed by atoms with Crippen molar-refractivity contribution < 1.29 is 0 Å². The minimum absolute atomic E-state index is 0.228. The van der Waals surface area contributed by atoms with Gasteiger partial charge in [0, 0.05) is 18.6 Å². The van der Waals surface area contributed by atoms with Crippen LogP contribution in [-0.2, 0) is 19.4 Å². The lowest BCUT2D eigenvalue weighted by Gasteiger charge is -2.45. The van der Waals surface area contributed by atoms with Crippen LogP contribution in [0.5, 0.6) is 0 Å². The van der Waals surface area contributed by atoms with E-state index in [1.165, 1.54) is 50.5 Å². The minimum atomic E-state index is 0.228. The predicted octanol–water partition coefficient (Wildman–Crippen LogP) is 3.51. The second-order valence-corrected chi connectivity index (χ2v) is 7.42. The van der Waals surface area contributed by atoms with Gasteiger partial charge in [0.15, 0.2) is 0 Å². The SMILES string of the molecule is CC1CCC(CN)(N(C)Cc2ccc3c(c2)CCC3)CC1. The first-order valence-electron chi connectivity index (χ1n) is 8.65. The summed E-state index contributed by atoms with van der Waals surface area (Å²) in [5, 5.41) is 0. The molecule has 0 amide bonds. The molecular weight excluding hydrogens is 256 g/mol. The van der Waals surface area contributed by atoms with Gasteiger partial charge < -0.3 is 5.73 Å². The van der Waals surface area contributed by atoms with E-state index in [0.29, 0.717) is 0 Å². The zero-order chi connectivity index (χ0) is 14.9. The number of likely N-dealkylation sites (N-methyl/N-ethyl adjacent to an activating group) is 1. The van der Waals surface area contributed by atoms with E-state index >= 15 is 0 Å². The van der Waals surface area contributed by atoms with Gasteiger partial charge in [-0.15, -0.1) is 0 Å².